The summed E-state index contributed by atoms with van der Waals surface area (Å²) in [6.45, 7) is 0.506. The van der Waals surface area contributed by atoms with Crippen molar-refractivity contribution < 1.29 is 24.2 Å². The van der Waals surface area contributed by atoms with Gasteiger partial charge in [-0.2, -0.15) is 0 Å². The van der Waals surface area contributed by atoms with Gasteiger partial charge < -0.3 is 15.1 Å². The molecule has 4 aliphatic rings. The maximum absolute atomic E-state index is 15.7. The lowest BCUT2D eigenvalue weighted by Gasteiger charge is -2.41. The van der Waals surface area contributed by atoms with Crippen LogP contribution in [-0.4, -0.2) is 62.8 Å². The highest BCUT2D eigenvalue weighted by Crippen LogP contribution is 2.47. The quantitative estimate of drug-likeness (QED) is 0.445. The molecular weight excluding hydrogens is 351 g/mol. The Bertz CT molecular complexity index is 745. The summed E-state index contributed by atoms with van der Waals surface area (Å²) in [5.74, 6) is -4.86. The number of carbonyl (C=O) groups excluding carboxylic acids is 1. The first-order valence-electron chi connectivity index (χ1n) is 8.32. The molecule has 2 fully saturated rings. The van der Waals surface area contributed by atoms with Gasteiger partial charge in [0.25, 0.3) is 0 Å². The van der Waals surface area contributed by atoms with Crippen LogP contribution in [0.4, 0.5) is 4.39 Å². The fourth-order valence-electron chi connectivity index (χ4n) is 3.73. The van der Waals surface area contributed by atoms with E-state index in [2.05, 4.69) is 0 Å². The molecule has 2 aliphatic carbocycles. The van der Waals surface area contributed by atoms with Crippen molar-refractivity contribution in [1.29, 1.82) is 0 Å². The molecule has 0 radical (unpaired) electrons. The van der Waals surface area contributed by atoms with E-state index in [0.717, 1.165) is 12.8 Å². The van der Waals surface area contributed by atoms with Crippen molar-refractivity contribution in [3.05, 3.63) is 34.7 Å². The van der Waals surface area contributed by atoms with Crippen LogP contribution in [0.3, 0.4) is 0 Å². The molecule has 0 aromatic rings. The number of likely N-dealkylation sites (tertiary alicyclic amines) is 1. The topological polar surface area (TPSA) is 81.1 Å². The van der Waals surface area contributed by atoms with E-state index in [1.807, 2.05) is 0 Å². The van der Waals surface area contributed by atoms with Gasteiger partial charge in [0.05, 0.1) is 22.8 Å². The zero-order valence-electron chi connectivity index (χ0n) is 13.4. The van der Waals surface area contributed by atoms with Gasteiger partial charge in [0.15, 0.2) is 5.78 Å². The number of ketones is 1. The number of Topliss-reactive ketones (excluding diaryl/α,β-unsaturated/α-hetero) is 1. The average Bonchev–Trinajstić information content (AvgIpc) is 3.31. The van der Waals surface area contributed by atoms with Gasteiger partial charge in [0.1, 0.15) is 5.57 Å². The van der Waals surface area contributed by atoms with Crippen molar-refractivity contribution >= 4 is 23.4 Å². The number of aliphatic carboxylic acids is 1. The van der Waals surface area contributed by atoms with Gasteiger partial charge in [-0.25, -0.2) is 9.18 Å². The summed E-state index contributed by atoms with van der Waals surface area (Å²) < 4.78 is 15.7. The Kier molecular flexibility index (Phi) is 3.79. The van der Waals surface area contributed by atoms with Crippen LogP contribution >= 0.6 is 11.6 Å². The first-order chi connectivity index (χ1) is 11.8. The number of hydrogen-bond acceptors (Lipinski definition) is 5. The Morgan fingerprint density at radius 2 is 2.08 bits per heavy atom. The monoisotopic (exact) mass is 368 g/mol. The lowest BCUT2D eigenvalue weighted by molar-refractivity contribution is -0.135. The molecule has 3 atom stereocenters. The molecule has 0 bridgehead atoms. The number of rotatable bonds is 3. The fourth-order valence-corrected chi connectivity index (χ4v) is 4.12. The minimum absolute atomic E-state index is 0.0358. The number of nitrogens with zero attached hydrogens (tertiary/aromatic N) is 2. The third-order valence-electron chi connectivity index (χ3n) is 5.23. The van der Waals surface area contributed by atoms with E-state index >= 15 is 4.39 Å². The largest absolute Gasteiger partial charge is 0.478 e. The molecule has 0 aromatic heterocycles. The van der Waals surface area contributed by atoms with Crippen LogP contribution in [0.1, 0.15) is 19.3 Å². The van der Waals surface area contributed by atoms with Crippen LogP contribution < -0.4 is 0 Å². The maximum Gasteiger partial charge on any atom is 0.340 e. The van der Waals surface area contributed by atoms with Crippen LogP contribution in [-0.2, 0) is 9.59 Å². The second-order valence-corrected chi connectivity index (χ2v) is 7.33. The summed E-state index contributed by atoms with van der Waals surface area (Å²) >= 11 is 6.44. The van der Waals surface area contributed by atoms with E-state index in [4.69, 9.17) is 11.6 Å². The number of halogens is 2. The standard InChI is InChI=1S/C17H18ClFN2O4/c18-15-13-11(3-5-17(15,19)20-6-4-10(22)7-20)14(23)12(16(24)25)8-21(13)9-1-2-9/h3,5,8-11,22H,1-2,4,6-7H2,(H,24,25). The molecule has 134 valence electrons. The summed E-state index contributed by atoms with van der Waals surface area (Å²) in [7, 11) is 0. The van der Waals surface area contributed by atoms with Gasteiger partial charge in [-0.3, -0.25) is 9.69 Å². The highest BCUT2D eigenvalue weighted by Gasteiger charge is 2.51. The molecule has 0 amide bonds. The lowest BCUT2D eigenvalue weighted by Crippen LogP contribution is -2.49. The van der Waals surface area contributed by atoms with Crippen LogP contribution in [0.2, 0.25) is 0 Å². The number of carbonyl (C=O) groups is 2. The van der Waals surface area contributed by atoms with Crippen LogP contribution in [0.25, 0.3) is 0 Å². The Hall–Kier alpha value is -1.70. The van der Waals surface area contributed by atoms with Crippen molar-refractivity contribution in [3.63, 3.8) is 0 Å². The van der Waals surface area contributed by atoms with E-state index in [-0.39, 0.29) is 23.2 Å². The fraction of sp³-hybridized carbons (Fsp3) is 0.529. The molecule has 2 aliphatic heterocycles. The smallest absolute Gasteiger partial charge is 0.340 e. The minimum atomic E-state index is -2.09. The molecule has 2 N–H and O–H groups in total. The Morgan fingerprint density at radius 3 is 2.64 bits per heavy atom. The predicted molar refractivity (Wildman–Crippen MR) is 87.1 cm³/mol. The van der Waals surface area contributed by atoms with E-state index in [9.17, 15) is 19.8 Å². The summed E-state index contributed by atoms with van der Waals surface area (Å²) in [5, 5.41) is 18.9. The van der Waals surface area contributed by atoms with Crippen molar-refractivity contribution in [3.8, 4) is 0 Å². The number of aliphatic hydroxyl groups is 1. The van der Waals surface area contributed by atoms with Crippen molar-refractivity contribution in [2.24, 2.45) is 5.92 Å². The predicted octanol–water partition coefficient (Wildman–Crippen LogP) is 1.37. The van der Waals surface area contributed by atoms with Crippen LogP contribution in [0.15, 0.2) is 34.7 Å². The third kappa shape index (κ3) is 2.53. The molecule has 1 saturated heterocycles. The molecule has 0 aromatic carbocycles. The highest BCUT2D eigenvalue weighted by molar-refractivity contribution is 6.32. The van der Waals surface area contributed by atoms with Crippen molar-refractivity contribution in [1.82, 2.24) is 9.80 Å². The normalized spacial score (nSPS) is 35.9. The van der Waals surface area contributed by atoms with Crippen LogP contribution in [0, 0.1) is 5.92 Å². The zero-order valence-corrected chi connectivity index (χ0v) is 14.1. The van der Waals surface area contributed by atoms with E-state index in [0.29, 0.717) is 18.7 Å². The Morgan fingerprint density at radius 1 is 1.36 bits per heavy atom. The summed E-state index contributed by atoms with van der Waals surface area (Å²) in [4.78, 5) is 27.0. The maximum atomic E-state index is 15.7. The van der Waals surface area contributed by atoms with Gasteiger partial charge in [0.2, 0.25) is 5.79 Å². The number of β-amino-alcohol motifs (C(OH)–C–C–N with tert-alkyl or cyclic N) is 1. The molecule has 2 heterocycles. The number of carboxylic acids is 1. The minimum Gasteiger partial charge on any atom is -0.478 e. The highest BCUT2D eigenvalue weighted by atomic mass is 35.5. The average molecular weight is 369 g/mol. The molecule has 4 rings (SSSR count). The van der Waals surface area contributed by atoms with Gasteiger partial charge >= 0.3 is 5.97 Å². The number of alkyl halides is 1. The number of fused-ring (bicyclic) bond motifs is 1. The third-order valence-corrected chi connectivity index (χ3v) is 5.68. The van der Waals surface area contributed by atoms with Crippen molar-refractivity contribution in [2.75, 3.05) is 13.1 Å². The second kappa shape index (κ2) is 5.65. The Labute approximate surface area is 148 Å². The van der Waals surface area contributed by atoms with Gasteiger partial charge in [0, 0.05) is 25.3 Å². The van der Waals surface area contributed by atoms with Crippen LogP contribution in [0.5, 0.6) is 0 Å². The van der Waals surface area contributed by atoms with Gasteiger partial charge in [-0.05, 0) is 25.3 Å². The molecule has 1 saturated carbocycles. The molecule has 8 heteroatoms. The number of hydrogen-bond donors (Lipinski definition) is 2. The van der Waals surface area contributed by atoms with Crippen molar-refractivity contribution in [2.45, 2.75) is 37.2 Å². The Balaban J connectivity index is 1.80. The molecular formula is C17H18ClFN2O4. The number of carboxylic acid groups (broad SMARTS) is 1. The number of allylic oxidation sites excluding steroid dienone is 1. The molecule has 25 heavy (non-hydrogen) atoms. The number of aliphatic hydroxyl groups excluding tert-OH is 1. The second-order valence-electron chi connectivity index (χ2n) is 6.95. The molecule has 3 unspecified atom stereocenters. The zero-order chi connectivity index (χ0) is 17.9. The summed E-state index contributed by atoms with van der Waals surface area (Å²) in [5.41, 5.74) is 0.0169. The van der Waals surface area contributed by atoms with E-state index < -0.39 is 29.6 Å². The summed E-state index contributed by atoms with van der Waals surface area (Å²) in [6.07, 6.45) is 5.42. The first kappa shape index (κ1) is 16.8. The van der Waals surface area contributed by atoms with E-state index in [1.165, 1.54) is 23.3 Å². The van der Waals surface area contributed by atoms with E-state index in [1.54, 1.807) is 4.90 Å². The van der Waals surface area contributed by atoms with Gasteiger partial charge in [-0.1, -0.05) is 17.7 Å². The summed E-state index contributed by atoms with van der Waals surface area (Å²) in [6, 6.07) is 0.0358. The lowest BCUT2D eigenvalue weighted by atomic mass is 9.84. The van der Waals surface area contributed by atoms with Gasteiger partial charge in [-0.15, -0.1) is 0 Å². The molecule has 0 spiro atoms. The first-order valence-corrected chi connectivity index (χ1v) is 8.70. The SMILES string of the molecule is O=C(O)C1=CN(C2CC2)C2=C(Cl)C(F)(N3CCC(O)C3)C=CC2C1=O. The molecule has 6 nitrogen and oxygen atoms in total.